The van der Waals surface area contributed by atoms with Crippen LogP contribution in [0.3, 0.4) is 0 Å². The molecule has 0 spiro atoms. The van der Waals surface area contributed by atoms with Crippen molar-refractivity contribution in [2.45, 2.75) is 74.0 Å². The van der Waals surface area contributed by atoms with Crippen LogP contribution in [-0.2, 0) is 16.1 Å². The van der Waals surface area contributed by atoms with Crippen molar-refractivity contribution in [2.75, 3.05) is 35.6 Å². The molecule has 4 amide bonds. The maximum Gasteiger partial charge on any atom is 0.487 e. The van der Waals surface area contributed by atoms with E-state index < -0.39 is 23.4 Å². The minimum Gasteiger partial charge on any atom is -0.420 e. The summed E-state index contributed by atoms with van der Waals surface area (Å²) in [5.74, 6) is 0.278. The number of amides is 4. The van der Waals surface area contributed by atoms with Gasteiger partial charge in [0.25, 0.3) is 11.8 Å². The maximum atomic E-state index is 13.2. The number of unbranched alkanes of at least 4 members (excludes halogenated alkanes) is 2. The molecular formula is C39H41ClF2N8O5S. The maximum absolute atomic E-state index is 13.2. The zero-order chi connectivity index (χ0) is 39.2. The molecule has 4 aromatic rings. The Bertz CT molecular complexity index is 2060. The van der Waals surface area contributed by atoms with Crippen molar-refractivity contribution < 1.29 is 32.7 Å². The summed E-state index contributed by atoms with van der Waals surface area (Å²) in [4.78, 5) is 59.9. The largest absolute Gasteiger partial charge is 0.487 e. The van der Waals surface area contributed by atoms with Gasteiger partial charge in [0.15, 0.2) is 0 Å². The number of nitrogens with zero attached hydrogens (tertiary/aromatic N) is 4. The van der Waals surface area contributed by atoms with Crippen LogP contribution in [0.2, 0.25) is 0 Å². The van der Waals surface area contributed by atoms with E-state index in [1.807, 2.05) is 24.3 Å². The highest BCUT2D eigenvalue weighted by Gasteiger charge is 2.40. The second kappa shape index (κ2) is 17.4. The summed E-state index contributed by atoms with van der Waals surface area (Å²) in [5, 5.41) is 15.9. The fourth-order valence-electron chi connectivity index (χ4n) is 7.26. The molecule has 2 saturated heterocycles. The fourth-order valence-corrected chi connectivity index (χ4v) is 8.44. The summed E-state index contributed by atoms with van der Waals surface area (Å²) < 4.78 is 30.2. The number of pyridine rings is 1. The van der Waals surface area contributed by atoms with Crippen molar-refractivity contribution in [3.05, 3.63) is 83.7 Å². The summed E-state index contributed by atoms with van der Waals surface area (Å²) in [5.41, 5.74) is -0.0571. The SMILES string of the molecule is O=C1CCC(N2Cc3c(SCCCCCNC4CCN(c5ncc(C(=O)Nc6ccc(OC(F)(F)Cl)cc6)cc5-c5ccn[nH]5)CC4)cccc3C2=O)C(=O)N1. The van der Waals surface area contributed by atoms with Crippen LogP contribution in [-0.4, -0.2) is 86.7 Å². The molecular weight excluding hydrogens is 766 g/mol. The van der Waals surface area contributed by atoms with Gasteiger partial charge in [0.1, 0.15) is 17.6 Å². The van der Waals surface area contributed by atoms with Crippen molar-refractivity contribution in [1.82, 2.24) is 30.7 Å². The van der Waals surface area contributed by atoms with Crippen LogP contribution in [0.25, 0.3) is 11.3 Å². The Hall–Kier alpha value is -5.06. The molecule has 0 bridgehead atoms. The number of aromatic amines is 1. The van der Waals surface area contributed by atoms with Crippen molar-refractivity contribution in [3.63, 3.8) is 0 Å². The van der Waals surface area contributed by atoms with E-state index in [2.05, 4.69) is 35.8 Å². The van der Waals surface area contributed by atoms with Crippen LogP contribution in [0.15, 0.2) is 71.9 Å². The van der Waals surface area contributed by atoms with Gasteiger partial charge < -0.3 is 25.2 Å². The molecule has 17 heteroatoms. The van der Waals surface area contributed by atoms with E-state index in [1.54, 1.807) is 28.9 Å². The molecule has 0 saturated carbocycles. The van der Waals surface area contributed by atoms with Crippen molar-refractivity contribution in [1.29, 1.82) is 0 Å². The first kappa shape index (κ1) is 39.2. The molecule has 13 nitrogen and oxygen atoms in total. The lowest BCUT2D eigenvalue weighted by Gasteiger charge is -2.34. The minimum absolute atomic E-state index is 0.142. The van der Waals surface area contributed by atoms with Crippen molar-refractivity contribution >= 4 is 58.5 Å². The summed E-state index contributed by atoms with van der Waals surface area (Å²) >= 11 is 6.57. The van der Waals surface area contributed by atoms with E-state index in [4.69, 9.17) is 16.6 Å². The average molecular weight is 807 g/mol. The molecule has 2 fully saturated rings. The van der Waals surface area contributed by atoms with Crippen LogP contribution in [0.5, 0.6) is 5.75 Å². The number of rotatable bonds is 15. The number of imide groups is 1. The smallest absolute Gasteiger partial charge is 0.420 e. The number of thioether (sulfide) groups is 1. The molecule has 4 N–H and O–H groups in total. The highest BCUT2D eigenvalue weighted by molar-refractivity contribution is 7.99. The fraction of sp³-hybridized carbons (Fsp3) is 0.385. The normalized spacial score (nSPS) is 17.6. The van der Waals surface area contributed by atoms with Gasteiger partial charge in [0.2, 0.25) is 11.8 Å². The van der Waals surface area contributed by atoms with Gasteiger partial charge in [-0.2, -0.15) is 5.10 Å². The molecule has 3 aliphatic rings. The zero-order valence-corrected chi connectivity index (χ0v) is 31.9. The Morgan fingerprint density at radius 3 is 2.55 bits per heavy atom. The highest BCUT2D eigenvalue weighted by atomic mass is 35.5. The number of halogens is 3. The predicted molar refractivity (Wildman–Crippen MR) is 208 cm³/mol. The van der Waals surface area contributed by atoms with E-state index in [0.29, 0.717) is 35.8 Å². The quantitative estimate of drug-likeness (QED) is 0.0473. The van der Waals surface area contributed by atoms with Gasteiger partial charge in [-0.25, -0.2) is 4.98 Å². The third kappa shape index (κ3) is 9.48. The molecule has 2 aromatic heterocycles. The van der Waals surface area contributed by atoms with Crippen LogP contribution in [0, 0.1) is 0 Å². The first-order valence-electron chi connectivity index (χ1n) is 18.6. The molecule has 7 rings (SSSR count). The summed E-state index contributed by atoms with van der Waals surface area (Å²) in [6, 6.07) is 14.5. The summed E-state index contributed by atoms with van der Waals surface area (Å²) in [6.07, 6.45) is 8.78. The lowest BCUT2D eigenvalue weighted by molar-refractivity contribution is -0.136. The van der Waals surface area contributed by atoms with E-state index in [-0.39, 0.29) is 24.0 Å². The van der Waals surface area contributed by atoms with Gasteiger partial charge in [-0.3, -0.25) is 29.6 Å². The second-order valence-electron chi connectivity index (χ2n) is 13.9. The number of aromatic nitrogens is 3. The van der Waals surface area contributed by atoms with Gasteiger partial charge in [-0.1, -0.05) is 12.5 Å². The van der Waals surface area contributed by atoms with Crippen LogP contribution >= 0.6 is 23.4 Å². The number of alkyl halides is 3. The molecule has 294 valence electrons. The van der Waals surface area contributed by atoms with E-state index in [0.717, 1.165) is 85.0 Å². The van der Waals surface area contributed by atoms with Crippen LogP contribution in [0.1, 0.15) is 71.2 Å². The lowest BCUT2D eigenvalue weighted by Crippen LogP contribution is -2.52. The second-order valence-corrected chi connectivity index (χ2v) is 15.5. The number of ether oxygens (including phenoxy) is 1. The molecule has 3 aliphatic heterocycles. The molecule has 0 radical (unpaired) electrons. The van der Waals surface area contributed by atoms with Gasteiger partial charge >= 0.3 is 5.57 Å². The van der Waals surface area contributed by atoms with Gasteiger partial charge in [-0.05, 0) is 98.5 Å². The number of carbonyl (C=O) groups is 4. The average Bonchev–Trinajstić information content (AvgIpc) is 3.84. The van der Waals surface area contributed by atoms with Gasteiger partial charge in [0, 0.05) is 77.8 Å². The molecule has 1 unspecified atom stereocenters. The van der Waals surface area contributed by atoms with Crippen LogP contribution < -0.4 is 25.6 Å². The number of hydrogen-bond donors (Lipinski definition) is 4. The molecule has 2 aromatic carbocycles. The Morgan fingerprint density at radius 1 is 1.02 bits per heavy atom. The molecule has 1 atom stereocenters. The Labute approximate surface area is 331 Å². The number of carbonyl (C=O) groups excluding carboxylic acids is 4. The van der Waals surface area contributed by atoms with Crippen LogP contribution in [0.4, 0.5) is 20.3 Å². The monoisotopic (exact) mass is 806 g/mol. The predicted octanol–water partition coefficient (Wildman–Crippen LogP) is 6.17. The number of hydrogen-bond acceptors (Lipinski definition) is 10. The van der Waals surface area contributed by atoms with E-state index in [9.17, 15) is 28.0 Å². The number of fused-ring (bicyclic) bond motifs is 1. The van der Waals surface area contributed by atoms with Crippen molar-refractivity contribution in [2.24, 2.45) is 0 Å². The Balaban J connectivity index is 0.847. The topological polar surface area (TPSA) is 162 Å². The first-order valence-corrected chi connectivity index (χ1v) is 19.9. The summed E-state index contributed by atoms with van der Waals surface area (Å²) in [7, 11) is 0. The molecule has 5 heterocycles. The van der Waals surface area contributed by atoms with Crippen molar-refractivity contribution in [3.8, 4) is 17.0 Å². The lowest BCUT2D eigenvalue weighted by atomic mass is 10.0. The number of nitrogens with one attached hydrogen (secondary N) is 4. The molecule has 0 aliphatic carbocycles. The first-order chi connectivity index (χ1) is 27.0. The van der Waals surface area contributed by atoms with Gasteiger partial charge in [0.05, 0.1) is 11.3 Å². The number of H-pyrrole nitrogens is 1. The third-order valence-corrected chi connectivity index (χ3v) is 11.4. The highest BCUT2D eigenvalue weighted by Crippen LogP contribution is 2.35. The number of anilines is 2. The third-order valence-electron chi connectivity index (χ3n) is 10.1. The number of benzene rings is 2. The number of piperidine rings is 2. The van der Waals surface area contributed by atoms with E-state index in [1.165, 1.54) is 30.5 Å². The minimum atomic E-state index is -3.83. The Kier molecular flexibility index (Phi) is 12.2. The zero-order valence-electron chi connectivity index (χ0n) is 30.4. The summed E-state index contributed by atoms with van der Waals surface area (Å²) in [6.45, 7) is 2.87. The molecule has 56 heavy (non-hydrogen) atoms. The van der Waals surface area contributed by atoms with Gasteiger partial charge in [-0.15, -0.1) is 20.5 Å². The Morgan fingerprint density at radius 2 is 1.82 bits per heavy atom. The standard InChI is InChI=1S/C39H41ClF2N8O5S/c40-39(41,42)55-27-9-7-26(8-10-27)46-36(52)24-21-29(31-13-17-45-48-31)35(44-22-24)49-18-14-25(15-19-49)43-16-2-1-3-20-56-33-6-4-5-28-30(33)23-50(38(28)54)32-11-12-34(51)47-37(32)53/h4-10,13,17,21-22,25,32,43H,1-3,11-12,14-16,18-20,23H2,(H,45,48)(H,46,52)(H,47,51,53). The van der Waals surface area contributed by atoms with E-state index >= 15 is 0 Å².